The summed E-state index contributed by atoms with van der Waals surface area (Å²) in [6.07, 6.45) is 0.743. The summed E-state index contributed by atoms with van der Waals surface area (Å²) >= 11 is 0. The second-order valence-electron chi connectivity index (χ2n) is 3.34. The summed E-state index contributed by atoms with van der Waals surface area (Å²) in [5.74, 6) is 0. The number of nitrogens with one attached hydrogen (secondary N) is 1. The first-order chi connectivity index (χ1) is 6.77. The Morgan fingerprint density at radius 3 is 2.71 bits per heavy atom. The Kier molecular flexibility index (Phi) is 4.69. The average Bonchev–Trinajstić information content (AvgIpc) is 2.26. The van der Waals surface area contributed by atoms with Crippen LogP contribution < -0.4 is 5.32 Å². The zero-order valence-corrected chi connectivity index (χ0v) is 8.53. The first-order valence-corrected chi connectivity index (χ1v) is 5.02. The quantitative estimate of drug-likeness (QED) is 0.666. The van der Waals surface area contributed by atoms with E-state index in [4.69, 9.17) is 9.84 Å². The maximum absolute atomic E-state index is 11.6. The number of morpholine rings is 1. The number of rotatable bonds is 3. The second kappa shape index (κ2) is 5.82. The largest absolute Gasteiger partial charge is 0.394 e. The van der Waals surface area contributed by atoms with E-state index < -0.39 is 0 Å². The van der Waals surface area contributed by atoms with E-state index in [1.807, 2.05) is 6.92 Å². The summed E-state index contributed by atoms with van der Waals surface area (Å²) in [4.78, 5) is 13.3. The Morgan fingerprint density at radius 1 is 1.57 bits per heavy atom. The SMILES string of the molecule is CCC(CO)NC(=O)N1CCOCC1. The van der Waals surface area contributed by atoms with Crippen LogP contribution in [0.1, 0.15) is 13.3 Å². The standard InChI is InChI=1S/C9H18N2O3/c1-2-8(7-12)10-9(13)11-3-5-14-6-4-11/h8,12H,2-7H2,1H3,(H,10,13). The first kappa shape index (κ1) is 11.3. The summed E-state index contributed by atoms with van der Waals surface area (Å²) in [6.45, 7) is 4.39. The van der Waals surface area contributed by atoms with Crippen molar-refractivity contribution in [3.8, 4) is 0 Å². The summed E-state index contributed by atoms with van der Waals surface area (Å²) in [5, 5.41) is 11.7. The minimum Gasteiger partial charge on any atom is -0.394 e. The maximum atomic E-state index is 11.6. The first-order valence-electron chi connectivity index (χ1n) is 5.02. The molecule has 1 aliphatic heterocycles. The lowest BCUT2D eigenvalue weighted by Crippen LogP contribution is -2.49. The third kappa shape index (κ3) is 3.16. The fourth-order valence-electron chi connectivity index (χ4n) is 1.31. The van der Waals surface area contributed by atoms with Gasteiger partial charge in [0.1, 0.15) is 0 Å². The molecule has 2 N–H and O–H groups in total. The number of ether oxygens (including phenoxy) is 1. The topological polar surface area (TPSA) is 61.8 Å². The molecular weight excluding hydrogens is 184 g/mol. The van der Waals surface area contributed by atoms with Crippen molar-refractivity contribution >= 4 is 6.03 Å². The zero-order valence-electron chi connectivity index (χ0n) is 8.53. The highest BCUT2D eigenvalue weighted by Crippen LogP contribution is 1.98. The molecule has 0 aromatic rings. The van der Waals surface area contributed by atoms with Crippen molar-refractivity contribution in [3.05, 3.63) is 0 Å². The molecule has 14 heavy (non-hydrogen) atoms. The number of hydrogen-bond acceptors (Lipinski definition) is 3. The van der Waals surface area contributed by atoms with Crippen molar-refractivity contribution in [3.63, 3.8) is 0 Å². The van der Waals surface area contributed by atoms with Gasteiger partial charge in [-0.1, -0.05) is 6.92 Å². The number of hydrogen-bond donors (Lipinski definition) is 2. The highest BCUT2D eigenvalue weighted by Gasteiger charge is 2.18. The fourth-order valence-corrected chi connectivity index (χ4v) is 1.31. The minimum atomic E-state index is -0.134. The number of aliphatic hydroxyl groups excluding tert-OH is 1. The van der Waals surface area contributed by atoms with E-state index in [1.165, 1.54) is 0 Å². The van der Waals surface area contributed by atoms with E-state index in [9.17, 15) is 4.79 Å². The van der Waals surface area contributed by atoms with Crippen LogP contribution in [-0.2, 0) is 4.74 Å². The van der Waals surface area contributed by atoms with Crippen molar-refractivity contribution in [2.45, 2.75) is 19.4 Å². The van der Waals surface area contributed by atoms with Crippen LogP contribution in [0.5, 0.6) is 0 Å². The molecule has 1 saturated heterocycles. The van der Waals surface area contributed by atoms with Crippen molar-refractivity contribution in [1.82, 2.24) is 10.2 Å². The zero-order chi connectivity index (χ0) is 10.4. The predicted octanol–water partition coefficient (Wildman–Crippen LogP) is -0.201. The molecule has 2 amide bonds. The molecule has 1 aliphatic rings. The van der Waals surface area contributed by atoms with Gasteiger partial charge in [-0.25, -0.2) is 4.79 Å². The normalized spacial score (nSPS) is 19.1. The lowest BCUT2D eigenvalue weighted by molar-refractivity contribution is 0.0518. The molecule has 0 aromatic heterocycles. The predicted molar refractivity (Wildman–Crippen MR) is 52.1 cm³/mol. The van der Waals surface area contributed by atoms with Gasteiger partial charge in [0.25, 0.3) is 0 Å². The smallest absolute Gasteiger partial charge is 0.317 e. The Bertz CT molecular complexity index is 177. The number of nitrogens with zero attached hydrogens (tertiary/aromatic N) is 1. The van der Waals surface area contributed by atoms with E-state index in [2.05, 4.69) is 5.32 Å². The molecular formula is C9H18N2O3. The van der Waals surface area contributed by atoms with Crippen molar-refractivity contribution in [2.24, 2.45) is 0 Å². The van der Waals surface area contributed by atoms with Gasteiger partial charge in [0.05, 0.1) is 25.9 Å². The molecule has 1 atom stereocenters. The molecule has 1 unspecified atom stereocenters. The van der Waals surface area contributed by atoms with Crippen LogP contribution in [0.4, 0.5) is 4.79 Å². The van der Waals surface area contributed by atoms with Crippen molar-refractivity contribution < 1.29 is 14.6 Å². The van der Waals surface area contributed by atoms with Crippen LogP contribution in [0.3, 0.4) is 0 Å². The maximum Gasteiger partial charge on any atom is 0.317 e. The highest BCUT2D eigenvalue weighted by molar-refractivity contribution is 5.74. The van der Waals surface area contributed by atoms with E-state index in [1.54, 1.807) is 4.90 Å². The molecule has 0 saturated carbocycles. The number of carbonyl (C=O) groups is 1. The van der Waals surface area contributed by atoms with Crippen LogP contribution in [0.2, 0.25) is 0 Å². The lowest BCUT2D eigenvalue weighted by atomic mass is 10.2. The van der Waals surface area contributed by atoms with E-state index in [0.29, 0.717) is 26.3 Å². The summed E-state index contributed by atoms with van der Waals surface area (Å²) in [7, 11) is 0. The Hall–Kier alpha value is -0.810. The van der Waals surface area contributed by atoms with Gasteiger partial charge < -0.3 is 20.1 Å². The molecule has 0 bridgehead atoms. The van der Waals surface area contributed by atoms with Gasteiger partial charge in [-0.2, -0.15) is 0 Å². The average molecular weight is 202 g/mol. The Morgan fingerprint density at radius 2 is 2.21 bits per heavy atom. The third-order valence-corrected chi connectivity index (χ3v) is 2.34. The van der Waals surface area contributed by atoms with E-state index in [-0.39, 0.29) is 18.7 Å². The number of amides is 2. The monoisotopic (exact) mass is 202 g/mol. The van der Waals surface area contributed by atoms with Crippen LogP contribution in [-0.4, -0.2) is 55.0 Å². The molecule has 0 spiro atoms. The molecule has 0 aromatic carbocycles. The Balaban J connectivity index is 2.32. The molecule has 1 rings (SSSR count). The van der Waals surface area contributed by atoms with Gasteiger partial charge in [0.15, 0.2) is 0 Å². The van der Waals surface area contributed by atoms with Gasteiger partial charge in [0, 0.05) is 13.1 Å². The van der Waals surface area contributed by atoms with E-state index in [0.717, 1.165) is 6.42 Å². The van der Waals surface area contributed by atoms with Gasteiger partial charge in [-0.3, -0.25) is 0 Å². The second-order valence-corrected chi connectivity index (χ2v) is 3.34. The van der Waals surface area contributed by atoms with Gasteiger partial charge in [0.2, 0.25) is 0 Å². The van der Waals surface area contributed by atoms with Gasteiger partial charge >= 0.3 is 6.03 Å². The summed E-state index contributed by atoms with van der Waals surface area (Å²) in [5.41, 5.74) is 0. The van der Waals surface area contributed by atoms with Gasteiger partial charge in [-0.05, 0) is 6.42 Å². The van der Waals surface area contributed by atoms with Crippen LogP contribution in [0.25, 0.3) is 0 Å². The van der Waals surface area contributed by atoms with Crippen LogP contribution >= 0.6 is 0 Å². The fraction of sp³-hybridized carbons (Fsp3) is 0.889. The molecule has 5 heteroatoms. The lowest BCUT2D eigenvalue weighted by Gasteiger charge is -2.28. The van der Waals surface area contributed by atoms with E-state index >= 15 is 0 Å². The number of aliphatic hydroxyl groups is 1. The van der Waals surface area contributed by atoms with Gasteiger partial charge in [-0.15, -0.1) is 0 Å². The highest BCUT2D eigenvalue weighted by atomic mass is 16.5. The molecule has 0 radical (unpaired) electrons. The van der Waals surface area contributed by atoms with Crippen molar-refractivity contribution in [1.29, 1.82) is 0 Å². The summed E-state index contributed by atoms with van der Waals surface area (Å²) < 4.78 is 5.14. The Labute approximate surface area is 84.0 Å². The van der Waals surface area contributed by atoms with Crippen molar-refractivity contribution in [2.75, 3.05) is 32.9 Å². The third-order valence-electron chi connectivity index (χ3n) is 2.34. The molecule has 82 valence electrons. The minimum absolute atomic E-state index is 0.00736. The number of urea groups is 1. The molecule has 1 fully saturated rings. The van der Waals surface area contributed by atoms with Crippen LogP contribution in [0.15, 0.2) is 0 Å². The van der Waals surface area contributed by atoms with Crippen LogP contribution in [0, 0.1) is 0 Å². The molecule has 1 heterocycles. The molecule has 0 aliphatic carbocycles. The summed E-state index contributed by atoms with van der Waals surface area (Å²) in [6, 6.07) is -0.237. The molecule has 5 nitrogen and oxygen atoms in total. The number of carbonyl (C=O) groups excluding carboxylic acids is 1.